The Kier molecular flexibility index (Phi) is 5.48. The van der Waals surface area contributed by atoms with E-state index in [-0.39, 0.29) is 11.8 Å². The topological polar surface area (TPSA) is 112 Å². The summed E-state index contributed by atoms with van der Waals surface area (Å²) in [4.78, 5) is 29.6. The molecule has 1 amide bonds. The molecule has 186 valence electrons. The van der Waals surface area contributed by atoms with Gasteiger partial charge < -0.3 is 10.3 Å². The van der Waals surface area contributed by atoms with Crippen LogP contribution < -0.4 is 5.32 Å². The fourth-order valence-corrected chi connectivity index (χ4v) is 5.08. The van der Waals surface area contributed by atoms with E-state index in [0.717, 1.165) is 57.7 Å². The Hall–Kier alpha value is -4.42. The summed E-state index contributed by atoms with van der Waals surface area (Å²) >= 11 is 0. The van der Waals surface area contributed by atoms with Crippen LogP contribution in [0.3, 0.4) is 0 Å². The molecule has 1 fully saturated rings. The van der Waals surface area contributed by atoms with Crippen LogP contribution in [0, 0.1) is 5.92 Å². The van der Waals surface area contributed by atoms with Crippen LogP contribution in [-0.4, -0.2) is 36.0 Å². The minimum atomic E-state index is 0.0551. The molecule has 7 rings (SSSR count). The second kappa shape index (κ2) is 9.15. The number of amides is 1. The molecule has 4 heterocycles. The standard InChI is InChI=1S/C29H24N7OP/c37-29(16-8-9-16)32-20-10-18(13-30-15-20)19-12-23-26(35-36-27(23)31-14-19)28-33-24-7-3-6-22(25(24)34-28)17-4-1-2-5-21(38)11-17/h1-3,5-7,10-16H,4,8-9,38H2,(H,32,37)(H,33,34)(H,31,35,36). The maximum Gasteiger partial charge on any atom is 0.227 e. The minimum Gasteiger partial charge on any atom is -0.337 e. The van der Waals surface area contributed by atoms with E-state index in [0.29, 0.717) is 22.9 Å². The predicted molar refractivity (Wildman–Crippen MR) is 153 cm³/mol. The molecule has 1 atom stereocenters. The number of nitrogens with zero attached hydrogens (tertiary/aromatic N) is 4. The van der Waals surface area contributed by atoms with Gasteiger partial charge in [-0.15, -0.1) is 9.24 Å². The Labute approximate surface area is 220 Å². The van der Waals surface area contributed by atoms with Crippen LogP contribution in [0.2, 0.25) is 0 Å². The maximum atomic E-state index is 12.2. The van der Waals surface area contributed by atoms with Crippen molar-refractivity contribution in [2.45, 2.75) is 19.3 Å². The molecule has 9 heteroatoms. The number of pyridine rings is 2. The number of imidazole rings is 1. The molecule has 38 heavy (non-hydrogen) atoms. The summed E-state index contributed by atoms with van der Waals surface area (Å²) in [6, 6.07) is 10.1. The Morgan fingerprint density at radius 2 is 2.00 bits per heavy atom. The number of anilines is 1. The van der Waals surface area contributed by atoms with Crippen molar-refractivity contribution in [3.05, 3.63) is 84.1 Å². The largest absolute Gasteiger partial charge is 0.337 e. The summed E-state index contributed by atoms with van der Waals surface area (Å²) in [6.07, 6.45) is 16.5. The van der Waals surface area contributed by atoms with Crippen molar-refractivity contribution < 1.29 is 4.79 Å². The SMILES string of the molecule is O=C(Nc1cncc(-c2cnc3[nH]nc(-c4nc5c(C6=CC(P)=CC=CC6)cccc5[nH]4)c3c2)c1)C1CC1. The number of carbonyl (C=O) groups is 1. The summed E-state index contributed by atoms with van der Waals surface area (Å²) in [5.41, 5.74) is 7.95. The van der Waals surface area contributed by atoms with Crippen molar-refractivity contribution in [3.63, 3.8) is 0 Å². The Morgan fingerprint density at radius 1 is 1.11 bits per heavy atom. The van der Waals surface area contributed by atoms with E-state index in [1.807, 2.05) is 24.3 Å². The second-order valence-electron chi connectivity index (χ2n) is 9.67. The van der Waals surface area contributed by atoms with Gasteiger partial charge in [0.1, 0.15) is 5.69 Å². The maximum absolute atomic E-state index is 12.2. The van der Waals surface area contributed by atoms with Gasteiger partial charge in [-0.3, -0.25) is 14.9 Å². The number of rotatable bonds is 5. The molecular weight excluding hydrogens is 493 g/mol. The first-order chi connectivity index (χ1) is 18.6. The van der Waals surface area contributed by atoms with Crippen LogP contribution in [0.15, 0.2) is 78.5 Å². The zero-order valence-corrected chi connectivity index (χ0v) is 21.6. The number of carbonyl (C=O) groups excluding carboxylic acids is 1. The zero-order valence-electron chi connectivity index (χ0n) is 20.4. The molecule has 0 aliphatic heterocycles. The number of fused-ring (bicyclic) bond motifs is 2. The van der Waals surface area contributed by atoms with Crippen molar-refractivity contribution in [2.75, 3.05) is 5.32 Å². The van der Waals surface area contributed by atoms with Crippen LogP contribution in [0.5, 0.6) is 0 Å². The molecular formula is C29H24N7OP. The van der Waals surface area contributed by atoms with E-state index >= 15 is 0 Å². The third-order valence-corrected chi connectivity index (χ3v) is 7.25. The molecule has 2 aliphatic carbocycles. The minimum absolute atomic E-state index is 0.0551. The van der Waals surface area contributed by atoms with Crippen LogP contribution in [0.1, 0.15) is 24.8 Å². The van der Waals surface area contributed by atoms with E-state index in [9.17, 15) is 4.79 Å². The molecule has 4 aromatic heterocycles. The van der Waals surface area contributed by atoms with Gasteiger partial charge in [0.05, 0.1) is 28.3 Å². The lowest BCUT2D eigenvalue weighted by Crippen LogP contribution is -2.13. The molecule has 1 unspecified atom stereocenters. The van der Waals surface area contributed by atoms with Gasteiger partial charge in [-0.2, -0.15) is 5.10 Å². The van der Waals surface area contributed by atoms with Crippen molar-refractivity contribution in [2.24, 2.45) is 5.92 Å². The van der Waals surface area contributed by atoms with Crippen molar-refractivity contribution in [3.8, 4) is 22.6 Å². The predicted octanol–water partition coefficient (Wildman–Crippen LogP) is 6.01. The second-order valence-corrected chi connectivity index (χ2v) is 10.3. The number of allylic oxidation sites excluding steroid dienone is 6. The smallest absolute Gasteiger partial charge is 0.227 e. The molecule has 8 nitrogen and oxygen atoms in total. The van der Waals surface area contributed by atoms with Crippen LogP contribution in [0.4, 0.5) is 5.69 Å². The van der Waals surface area contributed by atoms with Gasteiger partial charge in [-0.05, 0) is 48.3 Å². The van der Waals surface area contributed by atoms with E-state index in [1.54, 1.807) is 18.6 Å². The van der Waals surface area contributed by atoms with E-state index < -0.39 is 0 Å². The molecule has 0 saturated heterocycles. The molecule has 3 N–H and O–H groups in total. The monoisotopic (exact) mass is 517 g/mol. The highest BCUT2D eigenvalue weighted by atomic mass is 31.0. The molecule has 1 aromatic carbocycles. The van der Waals surface area contributed by atoms with Crippen LogP contribution >= 0.6 is 9.24 Å². The van der Waals surface area contributed by atoms with E-state index in [2.05, 4.69) is 70.1 Å². The fourth-order valence-electron chi connectivity index (χ4n) is 4.77. The Balaban J connectivity index is 1.27. The van der Waals surface area contributed by atoms with Gasteiger partial charge >= 0.3 is 0 Å². The summed E-state index contributed by atoms with van der Waals surface area (Å²) in [5, 5.41) is 12.5. The Bertz CT molecular complexity index is 1820. The summed E-state index contributed by atoms with van der Waals surface area (Å²) in [7, 11) is 2.78. The first kappa shape index (κ1) is 22.8. The number of aromatic amines is 2. The highest BCUT2D eigenvalue weighted by molar-refractivity contribution is 7.23. The van der Waals surface area contributed by atoms with Gasteiger partial charge in [0.2, 0.25) is 5.91 Å². The quantitative estimate of drug-likeness (QED) is 0.247. The molecule has 5 aromatic rings. The van der Waals surface area contributed by atoms with Crippen LogP contribution in [0.25, 0.3) is 50.3 Å². The number of aromatic nitrogens is 6. The van der Waals surface area contributed by atoms with Gasteiger partial charge in [0, 0.05) is 35.0 Å². The lowest BCUT2D eigenvalue weighted by Gasteiger charge is -2.07. The number of benzene rings is 1. The molecule has 0 spiro atoms. The van der Waals surface area contributed by atoms with Gasteiger partial charge in [0.25, 0.3) is 0 Å². The van der Waals surface area contributed by atoms with Gasteiger partial charge in [-0.25, -0.2) is 9.97 Å². The normalized spacial score (nSPS) is 15.4. The van der Waals surface area contributed by atoms with Crippen molar-refractivity contribution in [1.82, 2.24) is 30.1 Å². The molecule has 0 bridgehead atoms. The van der Waals surface area contributed by atoms with Crippen molar-refractivity contribution in [1.29, 1.82) is 0 Å². The molecule has 2 aliphatic rings. The van der Waals surface area contributed by atoms with Gasteiger partial charge in [-0.1, -0.05) is 36.4 Å². The van der Waals surface area contributed by atoms with Crippen LogP contribution in [-0.2, 0) is 4.79 Å². The molecule has 1 saturated carbocycles. The number of para-hydroxylation sites is 1. The van der Waals surface area contributed by atoms with E-state index in [1.165, 1.54) is 5.57 Å². The third kappa shape index (κ3) is 4.23. The number of nitrogens with one attached hydrogen (secondary N) is 3. The molecule has 0 radical (unpaired) electrons. The summed E-state index contributed by atoms with van der Waals surface area (Å²) in [5.74, 6) is 0.858. The number of hydrogen-bond acceptors (Lipinski definition) is 5. The lowest BCUT2D eigenvalue weighted by atomic mass is 10.0. The summed E-state index contributed by atoms with van der Waals surface area (Å²) in [6.45, 7) is 0. The lowest BCUT2D eigenvalue weighted by molar-refractivity contribution is -0.117. The Morgan fingerprint density at radius 3 is 2.89 bits per heavy atom. The van der Waals surface area contributed by atoms with Crippen molar-refractivity contribution >= 4 is 48.5 Å². The highest BCUT2D eigenvalue weighted by Crippen LogP contribution is 2.34. The first-order valence-corrected chi connectivity index (χ1v) is 13.1. The average Bonchev–Trinajstić information content (AvgIpc) is 3.62. The third-order valence-electron chi connectivity index (χ3n) is 6.89. The average molecular weight is 518 g/mol. The van der Waals surface area contributed by atoms with E-state index in [4.69, 9.17) is 4.98 Å². The zero-order chi connectivity index (χ0) is 25.6. The number of H-pyrrole nitrogens is 2. The fraction of sp³-hybridized carbons (Fsp3) is 0.138. The first-order valence-electron chi connectivity index (χ1n) is 12.5. The summed E-state index contributed by atoms with van der Waals surface area (Å²) < 4.78 is 0. The van der Waals surface area contributed by atoms with Gasteiger partial charge in [0.15, 0.2) is 11.5 Å². The number of hydrogen-bond donors (Lipinski definition) is 3. The highest BCUT2D eigenvalue weighted by Gasteiger charge is 2.29.